The first-order chi connectivity index (χ1) is 12.3. The molecule has 0 heterocycles. The number of nitrogens with one attached hydrogen (secondary N) is 1. The van der Waals surface area contributed by atoms with Crippen molar-refractivity contribution in [3.8, 4) is 0 Å². The smallest absolute Gasteiger partial charge is 0.325 e. The quantitative estimate of drug-likeness (QED) is 0.417. The molecule has 0 aliphatic carbocycles. The fraction of sp³-hybridized carbons (Fsp3) is 0.556. The van der Waals surface area contributed by atoms with Gasteiger partial charge in [-0.3, -0.25) is 9.59 Å². The number of benzene rings is 1. The van der Waals surface area contributed by atoms with Gasteiger partial charge < -0.3 is 30.4 Å². The van der Waals surface area contributed by atoms with Gasteiger partial charge in [0, 0.05) is 12.8 Å². The molecule has 0 aromatic heterocycles. The number of methoxy groups -OCH3 is 1. The van der Waals surface area contributed by atoms with Gasteiger partial charge >= 0.3 is 11.9 Å². The largest absolute Gasteiger partial charge is 0.480 e. The summed E-state index contributed by atoms with van der Waals surface area (Å²) < 4.78 is 14.4. The molecule has 0 radical (unpaired) electrons. The highest BCUT2D eigenvalue weighted by Crippen LogP contribution is 2.20. The van der Waals surface area contributed by atoms with E-state index in [4.69, 9.17) is 20.3 Å². The summed E-state index contributed by atoms with van der Waals surface area (Å²) in [6, 6.07) is 5.32. The molecule has 26 heavy (non-hydrogen) atoms. The second kappa shape index (κ2) is 14.1. The summed E-state index contributed by atoms with van der Waals surface area (Å²) in [5.74, 6) is -1.25. The fourth-order valence-electron chi connectivity index (χ4n) is 1.84. The van der Waals surface area contributed by atoms with Crippen molar-refractivity contribution < 1.29 is 28.9 Å². The summed E-state index contributed by atoms with van der Waals surface area (Å²) in [7, 11) is 1.60. The van der Waals surface area contributed by atoms with Crippen LogP contribution in [-0.2, 0) is 23.8 Å². The highest BCUT2D eigenvalue weighted by Gasteiger charge is 2.12. The highest BCUT2D eigenvalue weighted by atomic mass is 16.6. The molecule has 0 saturated carbocycles. The summed E-state index contributed by atoms with van der Waals surface area (Å²) in [4.78, 5) is 21.1. The molecule has 0 bridgehead atoms. The second-order valence-electron chi connectivity index (χ2n) is 5.50. The van der Waals surface area contributed by atoms with Gasteiger partial charge in [0.2, 0.25) is 0 Å². The normalized spacial score (nSPS) is 11.1. The Morgan fingerprint density at radius 3 is 2.23 bits per heavy atom. The number of aryl methyl sites for hydroxylation is 2. The number of carboxylic acid groups (broad SMARTS) is 1. The molecule has 0 aliphatic rings. The first kappa shape index (κ1) is 23.8. The molecule has 1 rings (SSSR count). The van der Waals surface area contributed by atoms with Gasteiger partial charge in [-0.2, -0.15) is 0 Å². The topological polar surface area (TPSA) is 120 Å². The Hall–Kier alpha value is -2.16. The van der Waals surface area contributed by atoms with Crippen molar-refractivity contribution in [2.75, 3.05) is 45.4 Å². The van der Waals surface area contributed by atoms with Gasteiger partial charge in [0.05, 0.1) is 26.4 Å². The van der Waals surface area contributed by atoms with Crippen LogP contribution in [0.15, 0.2) is 18.2 Å². The van der Waals surface area contributed by atoms with E-state index < -0.39 is 18.0 Å². The SMILES string of the molecule is COCCOCCOC(=O)CN.Cc1cccc(C)c1N[C@@H](C)C(=O)O. The summed E-state index contributed by atoms with van der Waals surface area (Å²) in [6.45, 7) is 7.16. The third-order valence-electron chi connectivity index (χ3n) is 3.30. The zero-order valence-corrected chi connectivity index (χ0v) is 15.9. The summed E-state index contributed by atoms with van der Waals surface area (Å²) in [6.07, 6.45) is 0. The maximum absolute atomic E-state index is 10.7. The number of para-hydroxylation sites is 1. The van der Waals surface area contributed by atoms with E-state index in [1.807, 2.05) is 32.0 Å². The van der Waals surface area contributed by atoms with Gasteiger partial charge in [-0.15, -0.1) is 0 Å². The van der Waals surface area contributed by atoms with Crippen LogP contribution in [-0.4, -0.2) is 63.2 Å². The highest BCUT2D eigenvalue weighted by molar-refractivity contribution is 5.77. The van der Waals surface area contributed by atoms with E-state index in [9.17, 15) is 9.59 Å². The molecule has 1 atom stereocenters. The Kier molecular flexibility index (Phi) is 12.9. The van der Waals surface area contributed by atoms with Crippen molar-refractivity contribution in [1.82, 2.24) is 0 Å². The van der Waals surface area contributed by atoms with Crippen molar-refractivity contribution in [3.63, 3.8) is 0 Å². The standard InChI is InChI=1S/C11H15NO2.C7H15NO4/c1-7-5-4-6-8(2)10(7)12-9(3)11(13)14;1-10-2-3-11-4-5-12-7(9)6-8/h4-6,9,12H,1-3H3,(H,13,14);2-6,8H2,1H3/t9-;/m0./s1. The average Bonchev–Trinajstić information content (AvgIpc) is 2.61. The molecule has 0 aliphatic heterocycles. The Labute approximate surface area is 154 Å². The molecular weight excluding hydrogens is 340 g/mol. The average molecular weight is 370 g/mol. The van der Waals surface area contributed by atoms with Crippen molar-refractivity contribution in [1.29, 1.82) is 0 Å². The van der Waals surface area contributed by atoms with E-state index in [1.165, 1.54) is 0 Å². The molecule has 8 nitrogen and oxygen atoms in total. The lowest BCUT2D eigenvalue weighted by Crippen LogP contribution is -2.26. The first-order valence-corrected chi connectivity index (χ1v) is 8.31. The molecule has 1 aromatic carbocycles. The third-order valence-corrected chi connectivity index (χ3v) is 3.30. The number of carboxylic acids is 1. The molecule has 1 aromatic rings. The number of ether oxygens (including phenoxy) is 3. The minimum atomic E-state index is -0.840. The molecular formula is C18H30N2O6. The van der Waals surface area contributed by atoms with Crippen LogP contribution in [0.25, 0.3) is 0 Å². The zero-order valence-electron chi connectivity index (χ0n) is 15.9. The number of esters is 1. The molecule has 0 fully saturated rings. The Balaban J connectivity index is 0.000000488. The molecule has 0 spiro atoms. The van der Waals surface area contributed by atoms with E-state index in [2.05, 4.69) is 10.1 Å². The van der Waals surface area contributed by atoms with Crippen LogP contribution in [0.1, 0.15) is 18.1 Å². The third kappa shape index (κ3) is 10.7. The lowest BCUT2D eigenvalue weighted by molar-refractivity contribution is -0.143. The number of rotatable bonds is 10. The van der Waals surface area contributed by atoms with E-state index >= 15 is 0 Å². The molecule has 0 unspecified atom stereocenters. The van der Waals surface area contributed by atoms with Crippen LogP contribution >= 0.6 is 0 Å². The predicted molar refractivity (Wildman–Crippen MR) is 99.3 cm³/mol. The van der Waals surface area contributed by atoms with Crippen molar-refractivity contribution in [3.05, 3.63) is 29.3 Å². The van der Waals surface area contributed by atoms with Crippen molar-refractivity contribution in [2.45, 2.75) is 26.8 Å². The summed E-state index contributed by atoms with van der Waals surface area (Å²) >= 11 is 0. The number of aliphatic carboxylic acids is 1. The lowest BCUT2D eigenvalue weighted by atomic mass is 10.1. The monoisotopic (exact) mass is 370 g/mol. The number of hydrogen-bond acceptors (Lipinski definition) is 7. The molecule has 0 saturated heterocycles. The van der Waals surface area contributed by atoms with E-state index in [-0.39, 0.29) is 13.2 Å². The van der Waals surface area contributed by atoms with Crippen LogP contribution in [0.4, 0.5) is 5.69 Å². The molecule has 4 N–H and O–H groups in total. The maximum Gasteiger partial charge on any atom is 0.325 e. The molecule has 148 valence electrons. The fourth-order valence-corrected chi connectivity index (χ4v) is 1.84. The number of anilines is 1. The van der Waals surface area contributed by atoms with Gasteiger partial charge in [-0.05, 0) is 31.9 Å². The van der Waals surface area contributed by atoms with E-state index in [0.29, 0.717) is 19.8 Å². The van der Waals surface area contributed by atoms with Crippen LogP contribution in [0.3, 0.4) is 0 Å². The van der Waals surface area contributed by atoms with Gasteiger partial charge in [-0.1, -0.05) is 18.2 Å². The van der Waals surface area contributed by atoms with Gasteiger partial charge in [0.25, 0.3) is 0 Å². The first-order valence-electron chi connectivity index (χ1n) is 8.31. The minimum absolute atomic E-state index is 0.0852. The predicted octanol–water partition coefficient (Wildman–Crippen LogP) is 1.34. The zero-order chi connectivity index (χ0) is 19.9. The van der Waals surface area contributed by atoms with Crippen LogP contribution in [0, 0.1) is 13.8 Å². The number of carbonyl (C=O) groups is 2. The van der Waals surface area contributed by atoms with Gasteiger partial charge in [-0.25, -0.2) is 0 Å². The van der Waals surface area contributed by atoms with Crippen molar-refractivity contribution in [2.24, 2.45) is 5.73 Å². The number of hydrogen-bond donors (Lipinski definition) is 3. The van der Waals surface area contributed by atoms with Gasteiger partial charge in [0.15, 0.2) is 0 Å². The summed E-state index contributed by atoms with van der Waals surface area (Å²) in [5, 5.41) is 11.7. The Morgan fingerprint density at radius 2 is 1.73 bits per heavy atom. The maximum atomic E-state index is 10.7. The van der Waals surface area contributed by atoms with Crippen LogP contribution in [0.2, 0.25) is 0 Å². The lowest BCUT2D eigenvalue weighted by Gasteiger charge is -2.15. The number of carbonyl (C=O) groups excluding carboxylic acids is 1. The van der Waals surface area contributed by atoms with Crippen molar-refractivity contribution >= 4 is 17.6 Å². The molecule has 0 amide bonds. The Bertz CT molecular complexity index is 530. The van der Waals surface area contributed by atoms with E-state index in [0.717, 1.165) is 16.8 Å². The van der Waals surface area contributed by atoms with Crippen LogP contribution in [0.5, 0.6) is 0 Å². The minimum Gasteiger partial charge on any atom is -0.480 e. The molecule has 8 heteroatoms. The Morgan fingerprint density at radius 1 is 1.15 bits per heavy atom. The van der Waals surface area contributed by atoms with E-state index in [1.54, 1.807) is 14.0 Å². The summed E-state index contributed by atoms with van der Waals surface area (Å²) in [5.41, 5.74) is 8.05. The number of nitrogens with two attached hydrogens (primary N) is 1. The second-order valence-corrected chi connectivity index (χ2v) is 5.50. The van der Waals surface area contributed by atoms with Crippen LogP contribution < -0.4 is 11.1 Å². The van der Waals surface area contributed by atoms with Gasteiger partial charge in [0.1, 0.15) is 12.6 Å².